The number of rotatable bonds is 3. The third kappa shape index (κ3) is 3.96. The Labute approximate surface area is 183 Å². The summed E-state index contributed by atoms with van der Waals surface area (Å²) in [6.07, 6.45) is 0. The minimum absolute atomic E-state index is 0.168. The number of nitrogens with zero attached hydrogens (tertiary/aromatic N) is 4. The van der Waals surface area contributed by atoms with Gasteiger partial charge in [0.2, 0.25) is 0 Å². The number of hydrogen-bond donors (Lipinski definition) is 2. The van der Waals surface area contributed by atoms with Gasteiger partial charge in [-0.3, -0.25) is 9.48 Å². The summed E-state index contributed by atoms with van der Waals surface area (Å²) in [6, 6.07) is 15.2. The van der Waals surface area contributed by atoms with E-state index in [4.69, 9.17) is 22.6 Å². The Morgan fingerprint density at radius 1 is 1.26 bits per heavy atom. The molecule has 2 heterocycles. The number of urea groups is 1. The number of fused-ring (bicyclic) bond motifs is 1. The number of benzene rings is 2. The van der Waals surface area contributed by atoms with E-state index in [9.17, 15) is 9.59 Å². The highest BCUT2D eigenvalue weighted by Crippen LogP contribution is 2.31. The second kappa shape index (κ2) is 8.13. The molecular formula is C22H19ClN6O2. The number of nitrogens with two attached hydrogens (primary N) is 1. The summed E-state index contributed by atoms with van der Waals surface area (Å²) >= 11 is 6.11. The molecule has 1 aliphatic rings. The van der Waals surface area contributed by atoms with Crippen LogP contribution in [0.4, 0.5) is 10.5 Å². The summed E-state index contributed by atoms with van der Waals surface area (Å²) in [5.74, 6) is -0.613. The molecule has 0 spiro atoms. The number of aromatic nitrogens is 2. The minimum Gasteiger partial charge on any atom is -0.365 e. The smallest absolute Gasteiger partial charge is 0.322 e. The van der Waals surface area contributed by atoms with E-state index in [0.29, 0.717) is 39.8 Å². The van der Waals surface area contributed by atoms with Crippen LogP contribution in [0.2, 0.25) is 5.02 Å². The number of halogens is 1. The largest absolute Gasteiger partial charge is 0.365 e. The van der Waals surface area contributed by atoms with Gasteiger partial charge in [0, 0.05) is 16.3 Å². The second-order valence-corrected chi connectivity index (χ2v) is 7.76. The number of hydrogen-bond acceptors (Lipinski definition) is 4. The SMILES string of the molecule is CC1Cn2nc(-c3cccc(Cl)c3)c(C(N)=O)c2CN1C(=O)Nc1ccc(C#N)cc1. The molecule has 1 aromatic heterocycles. The molecule has 31 heavy (non-hydrogen) atoms. The van der Waals surface area contributed by atoms with Gasteiger partial charge in [0.25, 0.3) is 5.91 Å². The topological polar surface area (TPSA) is 117 Å². The second-order valence-electron chi connectivity index (χ2n) is 7.32. The van der Waals surface area contributed by atoms with Crippen LogP contribution in [0, 0.1) is 11.3 Å². The maximum Gasteiger partial charge on any atom is 0.322 e. The molecule has 1 aliphatic heterocycles. The lowest BCUT2D eigenvalue weighted by Gasteiger charge is -2.34. The number of amides is 3. The van der Waals surface area contributed by atoms with Gasteiger partial charge in [-0.15, -0.1) is 0 Å². The third-order valence-electron chi connectivity index (χ3n) is 5.22. The highest BCUT2D eigenvalue weighted by molar-refractivity contribution is 6.30. The molecule has 4 rings (SSSR count). The quantitative estimate of drug-likeness (QED) is 0.654. The maximum absolute atomic E-state index is 12.9. The van der Waals surface area contributed by atoms with Crippen molar-refractivity contribution in [2.24, 2.45) is 5.73 Å². The lowest BCUT2D eigenvalue weighted by Crippen LogP contribution is -2.47. The summed E-state index contributed by atoms with van der Waals surface area (Å²) in [4.78, 5) is 26.9. The Hall–Kier alpha value is -3.83. The molecule has 0 saturated carbocycles. The van der Waals surface area contributed by atoms with Gasteiger partial charge in [-0.25, -0.2) is 4.79 Å². The summed E-state index contributed by atoms with van der Waals surface area (Å²) in [5, 5.41) is 16.9. The Kier molecular flexibility index (Phi) is 5.36. The van der Waals surface area contributed by atoms with Crippen LogP contribution in [-0.2, 0) is 13.1 Å². The summed E-state index contributed by atoms with van der Waals surface area (Å²) in [5.41, 5.74) is 8.77. The molecule has 0 radical (unpaired) electrons. The van der Waals surface area contributed by atoms with Gasteiger partial charge >= 0.3 is 6.03 Å². The highest BCUT2D eigenvalue weighted by atomic mass is 35.5. The Morgan fingerprint density at radius 2 is 2.00 bits per heavy atom. The molecular weight excluding hydrogens is 416 g/mol. The van der Waals surface area contributed by atoms with Gasteiger partial charge in [0.1, 0.15) is 5.69 Å². The molecule has 1 unspecified atom stereocenters. The third-order valence-corrected chi connectivity index (χ3v) is 5.45. The van der Waals surface area contributed by atoms with Crippen molar-refractivity contribution >= 4 is 29.2 Å². The van der Waals surface area contributed by atoms with E-state index in [-0.39, 0.29) is 24.2 Å². The van der Waals surface area contributed by atoms with Crippen LogP contribution >= 0.6 is 11.6 Å². The summed E-state index contributed by atoms with van der Waals surface area (Å²) in [7, 11) is 0. The zero-order valence-corrected chi connectivity index (χ0v) is 17.4. The maximum atomic E-state index is 12.9. The molecule has 0 saturated heterocycles. The normalized spacial score (nSPS) is 15.1. The standard InChI is InChI=1S/C22H19ClN6O2/c1-13-11-29-18(12-28(13)22(31)26-17-7-5-14(10-24)6-8-17)19(21(25)30)20(27-29)15-3-2-4-16(23)9-15/h2-9,13H,11-12H2,1H3,(H2,25,30)(H,26,31). The zero-order valence-electron chi connectivity index (χ0n) is 16.7. The first-order chi connectivity index (χ1) is 14.9. The van der Waals surface area contributed by atoms with Gasteiger partial charge in [0.05, 0.1) is 42.0 Å². The van der Waals surface area contributed by atoms with Gasteiger partial charge in [-0.05, 0) is 43.3 Å². The molecule has 1 atom stereocenters. The fourth-order valence-electron chi connectivity index (χ4n) is 3.67. The van der Waals surface area contributed by atoms with Gasteiger partial charge < -0.3 is 16.0 Å². The van der Waals surface area contributed by atoms with Gasteiger partial charge in [0.15, 0.2) is 0 Å². The van der Waals surface area contributed by atoms with Crippen LogP contribution in [0.25, 0.3) is 11.3 Å². The first-order valence-electron chi connectivity index (χ1n) is 9.60. The van der Waals surface area contributed by atoms with Crippen molar-refractivity contribution in [2.75, 3.05) is 5.32 Å². The summed E-state index contributed by atoms with van der Waals surface area (Å²) < 4.78 is 1.73. The van der Waals surface area contributed by atoms with E-state index in [1.54, 1.807) is 52.0 Å². The number of carbonyl (C=O) groups excluding carboxylic acids is 2. The Morgan fingerprint density at radius 3 is 2.65 bits per heavy atom. The number of nitriles is 1. The van der Waals surface area contributed by atoms with E-state index in [1.807, 2.05) is 19.1 Å². The predicted molar refractivity (Wildman–Crippen MR) is 116 cm³/mol. The fourth-order valence-corrected chi connectivity index (χ4v) is 3.86. The van der Waals surface area contributed by atoms with E-state index < -0.39 is 5.91 Å². The number of primary amides is 1. The van der Waals surface area contributed by atoms with Crippen molar-refractivity contribution in [2.45, 2.75) is 26.1 Å². The van der Waals surface area contributed by atoms with Crippen LogP contribution < -0.4 is 11.1 Å². The van der Waals surface area contributed by atoms with E-state index in [0.717, 1.165) is 0 Å². The van der Waals surface area contributed by atoms with Crippen molar-refractivity contribution in [3.8, 4) is 17.3 Å². The van der Waals surface area contributed by atoms with Crippen LogP contribution in [-0.4, -0.2) is 32.7 Å². The molecule has 8 nitrogen and oxygen atoms in total. The van der Waals surface area contributed by atoms with Gasteiger partial charge in [-0.2, -0.15) is 10.4 Å². The Balaban J connectivity index is 1.65. The average molecular weight is 435 g/mol. The zero-order chi connectivity index (χ0) is 22.1. The molecule has 0 fully saturated rings. The highest BCUT2D eigenvalue weighted by Gasteiger charge is 2.33. The van der Waals surface area contributed by atoms with Crippen molar-refractivity contribution < 1.29 is 9.59 Å². The average Bonchev–Trinajstić information content (AvgIpc) is 3.12. The minimum atomic E-state index is -0.613. The van der Waals surface area contributed by atoms with E-state index in [2.05, 4.69) is 10.4 Å². The molecule has 3 aromatic rings. The molecule has 0 aliphatic carbocycles. The molecule has 3 N–H and O–H groups in total. The van der Waals surface area contributed by atoms with Crippen LogP contribution in [0.15, 0.2) is 48.5 Å². The van der Waals surface area contributed by atoms with Crippen molar-refractivity contribution in [1.82, 2.24) is 14.7 Å². The van der Waals surface area contributed by atoms with Crippen LogP contribution in [0.1, 0.15) is 28.5 Å². The van der Waals surface area contributed by atoms with Crippen LogP contribution in [0.5, 0.6) is 0 Å². The Bertz CT molecular complexity index is 1210. The number of carbonyl (C=O) groups is 2. The van der Waals surface area contributed by atoms with Crippen molar-refractivity contribution in [3.63, 3.8) is 0 Å². The van der Waals surface area contributed by atoms with Crippen LogP contribution in [0.3, 0.4) is 0 Å². The lowest BCUT2D eigenvalue weighted by atomic mass is 10.0. The monoisotopic (exact) mass is 434 g/mol. The van der Waals surface area contributed by atoms with Crippen molar-refractivity contribution in [3.05, 3.63) is 70.4 Å². The fraction of sp³-hybridized carbons (Fsp3) is 0.182. The predicted octanol–water partition coefficient (Wildman–Crippen LogP) is 3.61. The molecule has 156 valence electrons. The van der Waals surface area contributed by atoms with E-state index >= 15 is 0 Å². The molecule has 0 bridgehead atoms. The molecule has 3 amide bonds. The number of anilines is 1. The number of nitrogens with one attached hydrogen (secondary N) is 1. The first kappa shape index (κ1) is 20.4. The van der Waals surface area contributed by atoms with E-state index in [1.165, 1.54) is 0 Å². The summed E-state index contributed by atoms with van der Waals surface area (Å²) in [6.45, 7) is 2.50. The molecule has 9 heteroatoms. The van der Waals surface area contributed by atoms with Gasteiger partial charge in [-0.1, -0.05) is 23.7 Å². The molecule has 2 aromatic carbocycles. The van der Waals surface area contributed by atoms with Crippen molar-refractivity contribution in [1.29, 1.82) is 5.26 Å². The first-order valence-corrected chi connectivity index (χ1v) is 9.98. The lowest BCUT2D eigenvalue weighted by molar-refractivity contribution is 0.0995.